The number of carbonyl (C=O) groups is 2. The number of halogens is 4. The number of rotatable bonds is 10. The highest BCUT2D eigenvalue weighted by molar-refractivity contribution is 6.01. The van der Waals surface area contributed by atoms with Crippen molar-refractivity contribution in [3.8, 4) is 16.9 Å². The highest BCUT2D eigenvalue weighted by Crippen LogP contribution is 2.36. The number of aromatic nitrogens is 3. The molecule has 15 heteroatoms. The lowest BCUT2D eigenvalue weighted by molar-refractivity contribution is -0.275. The normalized spacial score (nSPS) is 19.5. The number of anilines is 2. The standard InChI is InChI=1S/C38H43F4N7O4/c1-47-22-29(28-20-43-46-35(28)37(47)52)25-4-5-26(33(18-25)53-38(40,41)42)21-48-14-10-23(11-15-48)2-3-24-12-16-49(17-13-24)32-8-6-27(19-30(32)39)44-31-7-9-34(50)45-36(31)51/h4-6,8,18-20,22-24,31,44H,2-3,7,9-17,21H2,1H3,(H,43,46)(H,45,50,51). The van der Waals surface area contributed by atoms with E-state index in [0.29, 0.717) is 58.3 Å². The van der Waals surface area contributed by atoms with Crippen molar-refractivity contribution in [3.05, 3.63) is 70.5 Å². The largest absolute Gasteiger partial charge is 0.573 e. The first-order chi connectivity index (χ1) is 25.4. The molecule has 2 aromatic carbocycles. The van der Waals surface area contributed by atoms with Crippen LogP contribution < -0.4 is 25.8 Å². The van der Waals surface area contributed by atoms with Gasteiger partial charge in [-0.2, -0.15) is 5.10 Å². The van der Waals surface area contributed by atoms with Crippen LogP contribution in [0.5, 0.6) is 5.75 Å². The van der Waals surface area contributed by atoms with Crippen LogP contribution in [0.2, 0.25) is 0 Å². The van der Waals surface area contributed by atoms with Gasteiger partial charge in [0.2, 0.25) is 11.8 Å². The third kappa shape index (κ3) is 8.50. The maximum atomic E-state index is 15.1. The summed E-state index contributed by atoms with van der Waals surface area (Å²) in [7, 11) is 1.58. The lowest BCUT2D eigenvalue weighted by Crippen LogP contribution is -2.47. The molecule has 2 amide bonds. The molecule has 3 aliphatic rings. The molecule has 3 saturated heterocycles. The Morgan fingerprint density at radius 2 is 1.66 bits per heavy atom. The molecule has 0 saturated carbocycles. The Labute approximate surface area is 303 Å². The van der Waals surface area contributed by atoms with Gasteiger partial charge in [-0.05, 0) is 86.9 Å². The van der Waals surface area contributed by atoms with E-state index < -0.39 is 18.3 Å². The van der Waals surface area contributed by atoms with E-state index in [-0.39, 0.29) is 35.0 Å². The van der Waals surface area contributed by atoms with E-state index >= 15 is 4.39 Å². The fraction of sp³-hybridized carbons (Fsp3) is 0.474. The molecule has 0 aliphatic carbocycles. The summed E-state index contributed by atoms with van der Waals surface area (Å²) in [5.41, 5.74) is 2.56. The molecule has 3 fully saturated rings. The number of alkyl halides is 3. The highest BCUT2D eigenvalue weighted by Gasteiger charge is 2.33. The van der Waals surface area contributed by atoms with Gasteiger partial charge in [-0.25, -0.2) is 4.39 Å². The van der Waals surface area contributed by atoms with Crippen molar-refractivity contribution in [2.24, 2.45) is 18.9 Å². The number of likely N-dealkylation sites (tertiary alicyclic amines) is 1. The van der Waals surface area contributed by atoms with Gasteiger partial charge in [-0.1, -0.05) is 25.0 Å². The summed E-state index contributed by atoms with van der Waals surface area (Å²) in [4.78, 5) is 40.2. The second-order valence-corrected chi connectivity index (χ2v) is 14.5. The zero-order chi connectivity index (χ0) is 37.3. The molecular formula is C38H43F4N7O4. The van der Waals surface area contributed by atoms with Crippen LogP contribution in [-0.4, -0.2) is 70.1 Å². The van der Waals surface area contributed by atoms with E-state index in [4.69, 9.17) is 0 Å². The van der Waals surface area contributed by atoms with Gasteiger partial charge in [0.1, 0.15) is 23.1 Å². The molecule has 2 aromatic heterocycles. The van der Waals surface area contributed by atoms with Crippen molar-refractivity contribution in [2.75, 3.05) is 36.4 Å². The van der Waals surface area contributed by atoms with E-state index in [9.17, 15) is 27.6 Å². The topological polar surface area (TPSA) is 125 Å². The van der Waals surface area contributed by atoms with Crippen LogP contribution >= 0.6 is 0 Å². The van der Waals surface area contributed by atoms with Crippen LogP contribution in [0.25, 0.3) is 22.0 Å². The minimum Gasteiger partial charge on any atom is -0.405 e. The van der Waals surface area contributed by atoms with Crippen LogP contribution in [0.3, 0.4) is 0 Å². The first-order valence-corrected chi connectivity index (χ1v) is 18.2. The molecule has 7 rings (SSSR count). The van der Waals surface area contributed by atoms with Gasteiger partial charge >= 0.3 is 6.36 Å². The Hall–Kier alpha value is -4.92. The zero-order valence-corrected chi connectivity index (χ0v) is 29.5. The predicted molar refractivity (Wildman–Crippen MR) is 192 cm³/mol. The molecule has 0 radical (unpaired) electrons. The molecule has 11 nitrogen and oxygen atoms in total. The van der Waals surface area contributed by atoms with Crippen LogP contribution in [-0.2, 0) is 23.2 Å². The fourth-order valence-corrected chi connectivity index (χ4v) is 7.95. The summed E-state index contributed by atoms with van der Waals surface area (Å²) in [6.07, 6.45) is 4.89. The SMILES string of the molecule is Cn1cc(-c2ccc(CN3CCC(CCC4CCN(c5ccc(NC6CCC(=O)NC6=O)cc5F)CC4)CC3)c(OC(F)(F)F)c2)c2cn[nH]c2c1=O. The van der Waals surface area contributed by atoms with Gasteiger partial charge in [-0.15, -0.1) is 13.2 Å². The maximum Gasteiger partial charge on any atom is 0.573 e. The van der Waals surface area contributed by atoms with Gasteiger partial charge in [0, 0.05) is 61.5 Å². The maximum absolute atomic E-state index is 15.1. The lowest BCUT2D eigenvalue weighted by Gasteiger charge is -2.36. The van der Waals surface area contributed by atoms with Gasteiger partial charge < -0.3 is 19.5 Å². The molecule has 1 atom stereocenters. The van der Waals surface area contributed by atoms with Crippen molar-refractivity contribution in [1.82, 2.24) is 25.0 Å². The minimum absolute atomic E-state index is 0.247. The molecule has 5 heterocycles. The first-order valence-electron chi connectivity index (χ1n) is 18.2. The molecule has 3 aliphatic heterocycles. The number of amides is 2. The molecular weight excluding hydrogens is 694 g/mol. The Balaban J connectivity index is 0.890. The second-order valence-electron chi connectivity index (χ2n) is 14.5. The molecule has 53 heavy (non-hydrogen) atoms. The smallest absolute Gasteiger partial charge is 0.405 e. The fourth-order valence-electron chi connectivity index (χ4n) is 7.95. The number of pyridine rings is 1. The van der Waals surface area contributed by atoms with Gasteiger partial charge in [0.25, 0.3) is 5.56 Å². The summed E-state index contributed by atoms with van der Waals surface area (Å²) in [6, 6.07) is 9.17. The van der Waals surface area contributed by atoms with E-state index in [2.05, 4.69) is 35.4 Å². The monoisotopic (exact) mass is 737 g/mol. The third-order valence-electron chi connectivity index (χ3n) is 11.0. The number of piperidine rings is 3. The second kappa shape index (κ2) is 15.2. The summed E-state index contributed by atoms with van der Waals surface area (Å²) in [6.45, 7) is 3.41. The number of nitrogens with one attached hydrogen (secondary N) is 3. The van der Waals surface area contributed by atoms with Crippen molar-refractivity contribution in [2.45, 2.75) is 70.3 Å². The number of fused-ring (bicyclic) bond motifs is 1. The Bertz CT molecular complexity index is 2030. The molecule has 282 valence electrons. The number of nitrogens with zero attached hydrogens (tertiary/aromatic N) is 4. The van der Waals surface area contributed by atoms with Crippen molar-refractivity contribution in [3.63, 3.8) is 0 Å². The summed E-state index contributed by atoms with van der Waals surface area (Å²) < 4.78 is 61.7. The molecule has 4 aromatic rings. The average Bonchev–Trinajstić information content (AvgIpc) is 3.62. The van der Waals surface area contributed by atoms with E-state index in [1.165, 1.54) is 22.9 Å². The molecule has 3 N–H and O–H groups in total. The van der Waals surface area contributed by atoms with E-state index in [1.807, 2.05) is 0 Å². The number of aromatic amines is 1. The number of ether oxygens (including phenoxy) is 1. The number of benzene rings is 2. The number of imide groups is 1. The third-order valence-corrected chi connectivity index (χ3v) is 11.0. The number of hydrogen-bond acceptors (Lipinski definition) is 8. The van der Waals surface area contributed by atoms with Crippen molar-refractivity contribution < 1.29 is 31.9 Å². The van der Waals surface area contributed by atoms with Crippen molar-refractivity contribution >= 4 is 34.1 Å². The predicted octanol–water partition coefficient (Wildman–Crippen LogP) is 6.09. The zero-order valence-electron chi connectivity index (χ0n) is 29.5. The highest BCUT2D eigenvalue weighted by atomic mass is 19.4. The number of carbonyl (C=O) groups excluding carboxylic acids is 2. The van der Waals surface area contributed by atoms with E-state index in [0.717, 1.165) is 64.7 Å². The van der Waals surface area contributed by atoms with Gasteiger partial charge in [0.15, 0.2) is 0 Å². The summed E-state index contributed by atoms with van der Waals surface area (Å²) in [5.74, 6) is -0.199. The Morgan fingerprint density at radius 3 is 2.34 bits per heavy atom. The van der Waals surface area contributed by atoms with Gasteiger partial charge in [0.05, 0.1) is 11.9 Å². The number of H-pyrrole nitrogens is 1. The number of hydrogen-bond donors (Lipinski definition) is 3. The minimum atomic E-state index is -4.86. The molecule has 1 unspecified atom stereocenters. The quantitative estimate of drug-likeness (QED) is 0.132. The first kappa shape index (κ1) is 36.4. The Morgan fingerprint density at radius 1 is 0.943 bits per heavy atom. The molecule has 0 spiro atoms. The lowest BCUT2D eigenvalue weighted by atomic mass is 9.85. The van der Waals surface area contributed by atoms with Crippen LogP contribution in [0.1, 0.15) is 56.9 Å². The Kier molecular flexibility index (Phi) is 10.5. The van der Waals surface area contributed by atoms with Crippen LogP contribution in [0.4, 0.5) is 28.9 Å². The van der Waals surface area contributed by atoms with E-state index in [1.54, 1.807) is 37.5 Å². The van der Waals surface area contributed by atoms with Crippen molar-refractivity contribution in [1.29, 1.82) is 0 Å². The molecule has 0 bridgehead atoms. The van der Waals surface area contributed by atoms with Gasteiger partial charge in [-0.3, -0.25) is 29.7 Å². The summed E-state index contributed by atoms with van der Waals surface area (Å²) in [5, 5.41) is 12.5. The van der Waals surface area contributed by atoms with Crippen LogP contribution in [0.15, 0.2) is 53.6 Å². The number of aryl methyl sites for hydroxylation is 1. The van der Waals surface area contributed by atoms with Crippen LogP contribution in [0, 0.1) is 17.7 Å². The summed E-state index contributed by atoms with van der Waals surface area (Å²) >= 11 is 0. The average molecular weight is 738 g/mol.